The summed E-state index contributed by atoms with van der Waals surface area (Å²) < 4.78 is 5.73. The van der Waals surface area contributed by atoms with Crippen molar-refractivity contribution in [2.45, 2.75) is 71.9 Å². The van der Waals surface area contributed by atoms with Gasteiger partial charge >= 0.3 is 12.0 Å². The first-order valence-corrected chi connectivity index (χ1v) is 14.3. The minimum absolute atomic E-state index is 0.122. The lowest BCUT2D eigenvalue weighted by atomic mass is 10.0. The van der Waals surface area contributed by atoms with Gasteiger partial charge in [0.1, 0.15) is 5.75 Å². The van der Waals surface area contributed by atoms with Crippen molar-refractivity contribution < 1.29 is 19.4 Å². The molecule has 1 heterocycles. The zero-order chi connectivity index (χ0) is 29.1. The predicted octanol–water partition coefficient (Wildman–Crippen LogP) is 7.44. The van der Waals surface area contributed by atoms with Crippen molar-refractivity contribution in [1.82, 2.24) is 9.80 Å². The molecule has 1 aliphatic heterocycles. The van der Waals surface area contributed by atoms with Gasteiger partial charge in [0.25, 0.3) is 0 Å². The molecular formula is C34H44N2O4. The van der Waals surface area contributed by atoms with Crippen LogP contribution in [0.2, 0.25) is 0 Å². The minimum atomic E-state index is -1.20. The van der Waals surface area contributed by atoms with Crippen molar-refractivity contribution in [3.8, 4) is 16.9 Å². The number of ether oxygens (including phenoxy) is 1. The van der Waals surface area contributed by atoms with Gasteiger partial charge in [-0.05, 0) is 67.0 Å². The van der Waals surface area contributed by atoms with Gasteiger partial charge in [0.05, 0.1) is 0 Å². The van der Waals surface area contributed by atoms with E-state index >= 15 is 0 Å². The molecule has 3 aromatic carbocycles. The summed E-state index contributed by atoms with van der Waals surface area (Å²) in [5, 5.41) is 9.18. The van der Waals surface area contributed by atoms with Crippen LogP contribution in [0.25, 0.3) is 11.1 Å². The van der Waals surface area contributed by atoms with Crippen molar-refractivity contribution in [1.29, 1.82) is 0 Å². The number of likely N-dealkylation sites (N-methyl/N-ethyl adjacent to an activating group) is 1. The Balaban J connectivity index is 0.000000220. The Bertz CT molecular complexity index is 1240. The number of unbranched alkanes of at least 4 members (excludes halogenated alkanes) is 1. The maximum atomic E-state index is 11.8. The van der Waals surface area contributed by atoms with E-state index in [1.807, 2.05) is 42.3 Å². The van der Waals surface area contributed by atoms with Crippen LogP contribution >= 0.6 is 0 Å². The molecule has 0 radical (unpaired) electrons. The molecule has 1 saturated heterocycles. The number of urea groups is 1. The molecule has 0 aliphatic carbocycles. The molecular weight excluding hydrogens is 500 g/mol. The van der Waals surface area contributed by atoms with E-state index < -0.39 is 11.6 Å². The quantitative estimate of drug-likeness (QED) is 0.272. The maximum absolute atomic E-state index is 11.8. The molecule has 3 aromatic rings. The third kappa shape index (κ3) is 8.60. The second kappa shape index (κ2) is 14.5. The van der Waals surface area contributed by atoms with E-state index in [0.29, 0.717) is 12.3 Å². The predicted molar refractivity (Wildman–Crippen MR) is 162 cm³/mol. The van der Waals surface area contributed by atoms with E-state index in [1.165, 1.54) is 22.3 Å². The molecule has 0 aromatic heterocycles. The normalized spacial score (nSPS) is 13.2. The van der Waals surface area contributed by atoms with Crippen LogP contribution < -0.4 is 4.74 Å². The molecule has 40 heavy (non-hydrogen) atoms. The summed E-state index contributed by atoms with van der Waals surface area (Å²) in [6.45, 7) is 9.80. The SMILES string of the molecule is CCCCc1cc(CCC)ccc1OC(C)(C)C(=O)O.CN1CCN(Cc2ccc(-c3ccccc3)cc2)C1=O. The molecule has 0 unspecified atom stereocenters. The van der Waals surface area contributed by atoms with Gasteiger partial charge in [-0.15, -0.1) is 0 Å². The van der Waals surface area contributed by atoms with Gasteiger partial charge in [0, 0.05) is 26.7 Å². The molecule has 0 saturated carbocycles. The van der Waals surface area contributed by atoms with Crippen molar-refractivity contribution in [3.63, 3.8) is 0 Å². The van der Waals surface area contributed by atoms with Crippen LogP contribution in [0.15, 0.2) is 72.8 Å². The molecule has 1 N–H and O–H groups in total. The first-order valence-electron chi connectivity index (χ1n) is 14.3. The second-order valence-corrected chi connectivity index (χ2v) is 10.9. The first kappa shape index (κ1) is 30.7. The van der Waals surface area contributed by atoms with Crippen LogP contribution in [0.3, 0.4) is 0 Å². The van der Waals surface area contributed by atoms with Gasteiger partial charge in [-0.25, -0.2) is 9.59 Å². The molecule has 6 heteroatoms. The summed E-state index contributed by atoms with van der Waals surface area (Å²) in [5.41, 5.74) is 4.81. The summed E-state index contributed by atoms with van der Waals surface area (Å²) in [6, 6.07) is 25.0. The highest BCUT2D eigenvalue weighted by Gasteiger charge is 2.30. The van der Waals surface area contributed by atoms with Gasteiger partial charge < -0.3 is 19.6 Å². The van der Waals surface area contributed by atoms with Gasteiger partial charge in [0.15, 0.2) is 5.60 Å². The Kier molecular flexibility index (Phi) is 11.2. The third-order valence-electron chi connectivity index (χ3n) is 7.08. The Morgan fingerprint density at radius 2 is 1.52 bits per heavy atom. The summed E-state index contributed by atoms with van der Waals surface area (Å²) in [6.07, 6.45) is 5.27. The second-order valence-electron chi connectivity index (χ2n) is 10.9. The molecule has 214 valence electrons. The highest BCUT2D eigenvalue weighted by atomic mass is 16.5. The standard InChI is InChI=1S/C17H18N2O.C17H26O3/c1-18-11-12-19(17(18)20)13-14-7-9-16(10-8-14)15-5-3-2-4-6-15;1-5-7-9-14-12-13(8-6-2)10-11-15(14)20-17(3,4)16(18)19/h2-10H,11-13H2,1H3;10-12H,5-9H2,1-4H3,(H,18,19). The monoisotopic (exact) mass is 544 g/mol. The van der Waals surface area contributed by atoms with Crippen molar-refractivity contribution >= 4 is 12.0 Å². The largest absolute Gasteiger partial charge is 0.478 e. The Hall–Kier alpha value is -3.80. The van der Waals surface area contributed by atoms with Crippen molar-refractivity contribution in [3.05, 3.63) is 89.5 Å². The fraction of sp³-hybridized carbons (Fsp3) is 0.412. The lowest BCUT2D eigenvalue weighted by Crippen LogP contribution is -2.38. The van der Waals surface area contributed by atoms with Crippen LogP contribution in [0.4, 0.5) is 4.79 Å². The Morgan fingerprint density at radius 3 is 2.10 bits per heavy atom. The lowest BCUT2D eigenvalue weighted by Gasteiger charge is -2.23. The van der Waals surface area contributed by atoms with Crippen LogP contribution in [-0.4, -0.2) is 52.6 Å². The number of carbonyl (C=O) groups is 2. The number of carboxylic acids is 1. The van der Waals surface area contributed by atoms with E-state index in [-0.39, 0.29) is 6.03 Å². The molecule has 0 spiro atoms. The zero-order valence-electron chi connectivity index (χ0n) is 24.7. The number of nitrogens with zero attached hydrogens (tertiary/aromatic N) is 2. The maximum Gasteiger partial charge on any atom is 0.347 e. The smallest absolute Gasteiger partial charge is 0.347 e. The number of hydrogen-bond acceptors (Lipinski definition) is 3. The highest BCUT2D eigenvalue weighted by molar-refractivity contribution is 5.77. The number of amides is 2. The van der Waals surface area contributed by atoms with Crippen LogP contribution in [0, 0.1) is 0 Å². The molecule has 1 aliphatic rings. The van der Waals surface area contributed by atoms with Crippen LogP contribution in [0.1, 0.15) is 63.6 Å². The topological polar surface area (TPSA) is 70.1 Å². The molecule has 0 bridgehead atoms. The number of aryl methyl sites for hydroxylation is 2. The van der Waals surface area contributed by atoms with Gasteiger partial charge in [0.2, 0.25) is 0 Å². The fourth-order valence-electron chi connectivity index (χ4n) is 4.56. The van der Waals surface area contributed by atoms with E-state index in [4.69, 9.17) is 4.74 Å². The number of rotatable bonds is 11. The molecule has 0 atom stereocenters. The molecule has 2 amide bonds. The zero-order valence-corrected chi connectivity index (χ0v) is 24.7. The van der Waals surface area contributed by atoms with Crippen LogP contribution in [0.5, 0.6) is 5.75 Å². The average Bonchev–Trinajstić information content (AvgIpc) is 3.26. The number of carboxylic acid groups (broad SMARTS) is 1. The summed E-state index contributed by atoms with van der Waals surface area (Å²) in [4.78, 5) is 26.7. The molecule has 6 nitrogen and oxygen atoms in total. The lowest BCUT2D eigenvalue weighted by molar-refractivity contribution is -0.152. The van der Waals surface area contributed by atoms with Crippen molar-refractivity contribution in [2.24, 2.45) is 0 Å². The fourth-order valence-corrected chi connectivity index (χ4v) is 4.56. The van der Waals surface area contributed by atoms with Gasteiger partial charge in [-0.2, -0.15) is 0 Å². The number of aliphatic carboxylic acids is 1. The summed E-state index contributed by atoms with van der Waals surface area (Å²) in [5.74, 6) is -0.248. The summed E-state index contributed by atoms with van der Waals surface area (Å²) in [7, 11) is 1.85. The number of benzene rings is 3. The molecule has 1 fully saturated rings. The van der Waals surface area contributed by atoms with E-state index in [9.17, 15) is 14.7 Å². The van der Waals surface area contributed by atoms with Crippen molar-refractivity contribution in [2.75, 3.05) is 20.1 Å². The first-order chi connectivity index (χ1) is 19.1. The Morgan fingerprint density at radius 1 is 0.875 bits per heavy atom. The highest BCUT2D eigenvalue weighted by Crippen LogP contribution is 2.27. The van der Waals surface area contributed by atoms with E-state index in [0.717, 1.165) is 50.8 Å². The Labute approximate surface area is 239 Å². The molecule has 4 rings (SSSR count). The van der Waals surface area contributed by atoms with Crippen LogP contribution in [-0.2, 0) is 24.2 Å². The van der Waals surface area contributed by atoms with Gasteiger partial charge in [-0.1, -0.05) is 93.4 Å². The van der Waals surface area contributed by atoms with Gasteiger partial charge in [-0.3, -0.25) is 0 Å². The summed E-state index contributed by atoms with van der Waals surface area (Å²) >= 11 is 0. The average molecular weight is 545 g/mol. The van der Waals surface area contributed by atoms with E-state index in [1.54, 1.807) is 18.7 Å². The minimum Gasteiger partial charge on any atom is -0.478 e. The van der Waals surface area contributed by atoms with E-state index in [2.05, 4.69) is 56.3 Å². The third-order valence-corrected chi connectivity index (χ3v) is 7.08. The number of carbonyl (C=O) groups excluding carboxylic acids is 1. The number of hydrogen-bond donors (Lipinski definition) is 1.